The summed E-state index contributed by atoms with van der Waals surface area (Å²) in [5, 5.41) is 136. The van der Waals surface area contributed by atoms with Crippen LogP contribution in [0.2, 0.25) is 0 Å². The first kappa shape index (κ1) is 58.1. The molecule has 0 aliphatic carbocycles. The van der Waals surface area contributed by atoms with Gasteiger partial charge in [0.1, 0.15) is 97.7 Å². The zero-order valence-electron chi connectivity index (χ0n) is 38.3. The van der Waals surface area contributed by atoms with Crippen LogP contribution < -0.4 is 0 Å². The van der Waals surface area contributed by atoms with Gasteiger partial charge in [0.25, 0.3) is 0 Å². The molecule has 21 nitrogen and oxygen atoms in total. The van der Waals surface area contributed by atoms with Crippen molar-refractivity contribution in [2.45, 2.75) is 232 Å². The molecule has 0 radical (unpaired) electrons. The predicted molar refractivity (Wildman–Crippen MR) is 234 cm³/mol. The average molecular weight is 979 g/mol. The van der Waals surface area contributed by atoms with Crippen molar-refractivity contribution in [3.63, 3.8) is 0 Å². The molecule has 13 N–H and O–H groups in total. The lowest BCUT2D eigenvalue weighted by Crippen LogP contribution is -2.66. The van der Waals surface area contributed by atoms with Crippen molar-refractivity contribution in [2.75, 3.05) is 44.5 Å². The molecule has 66 heavy (non-hydrogen) atoms. The van der Waals surface area contributed by atoms with Gasteiger partial charge in [-0.15, -0.1) is 0 Å². The van der Waals surface area contributed by atoms with Gasteiger partial charge in [-0.3, -0.25) is 0 Å². The summed E-state index contributed by atoms with van der Waals surface area (Å²) >= 11 is 1.70. The third kappa shape index (κ3) is 17.1. The maximum Gasteiger partial charge on any atom is 0.187 e. The smallest absolute Gasteiger partial charge is 0.187 e. The van der Waals surface area contributed by atoms with Gasteiger partial charge in [-0.05, 0) is 12.2 Å². The lowest BCUT2D eigenvalue weighted by atomic mass is 9.96. The fourth-order valence-electron chi connectivity index (χ4n) is 8.64. The number of hydrogen-bond acceptors (Lipinski definition) is 22. The third-order valence-corrected chi connectivity index (χ3v) is 13.9. The van der Waals surface area contributed by atoms with Gasteiger partial charge in [0.15, 0.2) is 25.2 Å². The lowest BCUT2D eigenvalue weighted by Gasteiger charge is -2.48. The summed E-state index contributed by atoms with van der Waals surface area (Å²) in [7, 11) is 0. The van der Waals surface area contributed by atoms with Crippen molar-refractivity contribution in [3.8, 4) is 0 Å². The number of hydrogen-bond donors (Lipinski definition) is 13. The van der Waals surface area contributed by atoms with E-state index >= 15 is 0 Å². The van der Waals surface area contributed by atoms with Gasteiger partial charge in [-0.2, -0.15) is 11.8 Å². The van der Waals surface area contributed by atoms with Crippen LogP contribution >= 0.6 is 11.8 Å². The van der Waals surface area contributed by atoms with Gasteiger partial charge in [-0.1, -0.05) is 103 Å². The first-order valence-electron chi connectivity index (χ1n) is 24.2. The number of thioether (sulfide) groups is 1. The molecule has 22 heteroatoms. The van der Waals surface area contributed by atoms with E-state index in [-0.39, 0.29) is 6.61 Å². The highest BCUT2D eigenvalue weighted by atomic mass is 32.2. The van der Waals surface area contributed by atoms with Crippen LogP contribution in [-0.2, 0) is 37.9 Å². The van der Waals surface area contributed by atoms with E-state index in [1.807, 2.05) is 0 Å². The predicted octanol–water partition coefficient (Wildman–Crippen LogP) is -1.73. The SMILES string of the molecule is CCCCCCCCCCCCCCCCCCSCCO[C@H]1O[C@@H](CO)[C@H](O[C@@H]2O[C@H](CO)[C@@H](O[C@@H]3O[C@H](CO[C@@H]4O[C@H](CO)[C@@H](O)[C@H](O)[C@@H]4O)[C@@H](O)[C@H](O)[C@@H]3O)[C@H](O)[C@@H]2O)[C@@H](O)[C@@H]1O. The molecular weight excluding hydrogens is 897 g/mol. The van der Waals surface area contributed by atoms with Crippen molar-refractivity contribution in [1.82, 2.24) is 0 Å². The second-order valence-corrected chi connectivity index (χ2v) is 19.2. The molecule has 4 rings (SSSR count). The Bertz CT molecular complexity index is 1260. The van der Waals surface area contributed by atoms with Gasteiger partial charge < -0.3 is 104 Å². The Morgan fingerprint density at radius 1 is 0.364 bits per heavy atom. The average Bonchev–Trinajstić information content (AvgIpc) is 3.31. The van der Waals surface area contributed by atoms with Crippen LogP contribution in [0.1, 0.15) is 110 Å². The summed E-state index contributed by atoms with van der Waals surface area (Å²) in [6.07, 6.45) is -12.9. The highest BCUT2D eigenvalue weighted by molar-refractivity contribution is 7.99. The largest absolute Gasteiger partial charge is 0.394 e. The van der Waals surface area contributed by atoms with E-state index in [1.165, 1.54) is 89.9 Å². The number of ether oxygens (including phenoxy) is 8. The quantitative estimate of drug-likeness (QED) is 0.0343. The van der Waals surface area contributed by atoms with Crippen LogP contribution in [0.15, 0.2) is 0 Å². The summed E-state index contributed by atoms with van der Waals surface area (Å²) in [5.74, 6) is 1.56. The highest BCUT2D eigenvalue weighted by Gasteiger charge is 2.54. The molecule has 0 aromatic heterocycles. The van der Waals surface area contributed by atoms with Crippen LogP contribution in [0.3, 0.4) is 0 Å². The summed E-state index contributed by atoms with van der Waals surface area (Å²) in [6.45, 7) is -0.560. The van der Waals surface area contributed by atoms with Crippen molar-refractivity contribution in [3.05, 3.63) is 0 Å². The molecule has 4 heterocycles. The number of aliphatic hydroxyl groups excluding tert-OH is 13. The van der Waals surface area contributed by atoms with Gasteiger partial charge in [0.05, 0.1) is 33.0 Å². The summed E-state index contributed by atoms with van der Waals surface area (Å²) in [6, 6.07) is 0. The molecule has 4 aliphatic heterocycles. The molecule has 390 valence electrons. The minimum atomic E-state index is -1.98. The molecule has 0 unspecified atom stereocenters. The molecule has 0 aromatic rings. The first-order chi connectivity index (χ1) is 31.8. The highest BCUT2D eigenvalue weighted by Crippen LogP contribution is 2.33. The maximum atomic E-state index is 11.2. The van der Waals surface area contributed by atoms with E-state index in [0.29, 0.717) is 5.75 Å². The second kappa shape index (κ2) is 31.1. The molecule has 4 saturated heterocycles. The molecule has 0 amide bonds. The maximum absolute atomic E-state index is 11.2. The van der Waals surface area contributed by atoms with E-state index < -0.39 is 149 Å². The Kier molecular flexibility index (Phi) is 27.3. The zero-order chi connectivity index (χ0) is 48.2. The summed E-state index contributed by atoms with van der Waals surface area (Å²) in [5.41, 5.74) is 0. The Morgan fingerprint density at radius 2 is 0.727 bits per heavy atom. The molecule has 4 aliphatic rings. The molecule has 0 bridgehead atoms. The molecule has 0 spiro atoms. The van der Waals surface area contributed by atoms with Gasteiger partial charge in [-0.25, -0.2) is 0 Å². The van der Waals surface area contributed by atoms with Crippen molar-refractivity contribution in [2.24, 2.45) is 0 Å². The topological polar surface area (TPSA) is 337 Å². The van der Waals surface area contributed by atoms with Crippen LogP contribution in [0.5, 0.6) is 0 Å². The lowest BCUT2D eigenvalue weighted by molar-refractivity contribution is -0.381. The first-order valence-corrected chi connectivity index (χ1v) is 25.3. The Morgan fingerprint density at radius 3 is 1.21 bits per heavy atom. The van der Waals surface area contributed by atoms with Gasteiger partial charge in [0.2, 0.25) is 0 Å². The summed E-state index contributed by atoms with van der Waals surface area (Å²) in [4.78, 5) is 0. The van der Waals surface area contributed by atoms with Crippen molar-refractivity contribution in [1.29, 1.82) is 0 Å². The van der Waals surface area contributed by atoms with Crippen LogP contribution in [-0.4, -0.2) is 234 Å². The van der Waals surface area contributed by atoms with Crippen molar-refractivity contribution >= 4 is 11.8 Å². The normalized spacial score (nSPS) is 39.9. The zero-order valence-corrected chi connectivity index (χ0v) is 39.1. The minimum absolute atomic E-state index is 0.194. The third-order valence-electron chi connectivity index (χ3n) is 12.8. The Balaban J connectivity index is 1.15. The van der Waals surface area contributed by atoms with E-state index in [1.54, 1.807) is 11.8 Å². The van der Waals surface area contributed by atoms with Crippen molar-refractivity contribution < 1.29 is 104 Å². The fraction of sp³-hybridized carbons (Fsp3) is 1.00. The van der Waals surface area contributed by atoms with Crippen LogP contribution in [0, 0.1) is 0 Å². The number of unbranched alkanes of at least 4 members (excludes halogenated alkanes) is 15. The van der Waals surface area contributed by atoms with Gasteiger partial charge >= 0.3 is 0 Å². The van der Waals surface area contributed by atoms with Crippen LogP contribution in [0.4, 0.5) is 0 Å². The van der Waals surface area contributed by atoms with Gasteiger partial charge in [0, 0.05) is 5.75 Å². The molecule has 0 saturated carbocycles. The van der Waals surface area contributed by atoms with E-state index in [9.17, 15) is 66.4 Å². The summed E-state index contributed by atoms with van der Waals surface area (Å²) < 4.78 is 44.9. The number of rotatable bonds is 31. The minimum Gasteiger partial charge on any atom is -0.394 e. The van der Waals surface area contributed by atoms with E-state index in [4.69, 9.17) is 37.9 Å². The number of aliphatic hydroxyl groups is 13. The molecule has 20 atom stereocenters. The standard InChI is InChI=1S/C44H82O21S/c1-2-3-4-5-6-7-8-9-10-11-12-13-14-15-16-17-19-66-20-18-58-41-37(56)33(52)39(26(22-46)61-41)65-44-38(57)34(53)40(27(23-47)62-44)64-43-36(55)32(51)30(49)28(63-43)24-59-42-35(54)31(50)29(48)25(21-45)60-42/h25-57H,2-24H2,1H3/t25-,26+,27-,28-,29-,30-,31+,32+,33+,34-,35+,36+,37+,38+,39+,40-,41+,42-,43+,44+/m1/s1. The Hall–Kier alpha value is -0.490. The second-order valence-electron chi connectivity index (χ2n) is 17.9. The van der Waals surface area contributed by atoms with Crippen LogP contribution in [0.25, 0.3) is 0 Å². The molecule has 0 aromatic carbocycles. The molecular formula is C44H82O21S. The monoisotopic (exact) mass is 979 g/mol. The van der Waals surface area contributed by atoms with E-state index in [0.717, 1.165) is 18.6 Å². The Labute approximate surface area is 392 Å². The fourth-order valence-corrected chi connectivity index (χ4v) is 9.47. The molecule has 4 fully saturated rings. The van der Waals surface area contributed by atoms with E-state index in [2.05, 4.69) is 6.92 Å².